The summed E-state index contributed by atoms with van der Waals surface area (Å²) < 4.78 is 5.49. The average molecular weight is 518 g/mol. The summed E-state index contributed by atoms with van der Waals surface area (Å²) in [7, 11) is 0. The van der Waals surface area contributed by atoms with E-state index in [-0.39, 0.29) is 17.7 Å². The van der Waals surface area contributed by atoms with Crippen LogP contribution in [-0.4, -0.2) is 46.5 Å². The van der Waals surface area contributed by atoms with Crippen LogP contribution in [-0.2, 0) is 14.3 Å². The first kappa shape index (κ1) is 32.5. The van der Waals surface area contributed by atoms with Crippen molar-refractivity contribution >= 4 is 17.9 Å². The SMILES string of the molecule is CCCCNC(=O)C(c1c(C)cccc1C)N(C(=O)C(CC(C)C)NC(=O)OC(C)(C)C)C(C)(C)CC. The van der Waals surface area contributed by atoms with Gasteiger partial charge in [0.1, 0.15) is 17.7 Å². The number of carbonyl (C=O) groups is 3. The quantitative estimate of drug-likeness (QED) is 0.322. The van der Waals surface area contributed by atoms with Crippen LogP contribution in [0.1, 0.15) is 111 Å². The fourth-order valence-electron chi connectivity index (χ4n) is 4.38. The van der Waals surface area contributed by atoms with E-state index in [1.165, 1.54) is 0 Å². The second kappa shape index (κ2) is 13.8. The van der Waals surface area contributed by atoms with Gasteiger partial charge in [0.25, 0.3) is 0 Å². The van der Waals surface area contributed by atoms with Crippen LogP contribution < -0.4 is 10.6 Å². The number of aryl methyl sites for hydroxylation is 2. The van der Waals surface area contributed by atoms with Gasteiger partial charge in [0, 0.05) is 12.1 Å². The van der Waals surface area contributed by atoms with E-state index in [1.807, 2.05) is 66.7 Å². The lowest BCUT2D eigenvalue weighted by molar-refractivity contribution is -0.149. The number of amides is 3. The smallest absolute Gasteiger partial charge is 0.408 e. The molecule has 0 aromatic heterocycles. The molecular formula is C30H51N3O4. The van der Waals surface area contributed by atoms with Crippen molar-refractivity contribution in [3.05, 3.63) is 34.9 Å². The van der Waals surface area contributed by atoms with E-state index in [2.05, 4.69) is 17.6 Å². The molecule has 3 amide bonds. The maximum Gasteiger partial charge on any atom is 0.408 e. The third-order valence-electron chi connectivity index (χ3n) is 6.60. The third kappa shape index (κ3) is 9.67. The van der Waals surface area contributed by atoms with Crippen LogP contribution in [0.5, 0.6) is 0 Å². The predicted octanol–water partition coefficient (Wildman–Crippen LogP) is 6.22. The first-order chi connectivity index (χ1) is 17.1. The summed E-state index contributed by atoms with van der Waals surface area (Å²) in [6.45, 7) is 21.9. The van der Waals surface area contributed by atoms with E-state index in [0.29, 0.717) is 19.4 Å². The number of ether oxygens (including phenoxy) is 1. The standard InChI is InChI=1S/C30H51N3O4/c1-12-14-18-31-26(34)25(24-21(5)16-15-17-22(24)6)33(30(10,11)13-2)27(35)23(19-20(3)4)32-28(36)37-29(7,8)9/h15-17,20,23,25H,12-14,18-19H2,1-11H3,(H,31,34)(H,32,36). The van der Waals surface area contributed by atoms with Gasteiger partial charge in [0.05, 0.1) is 0 Å². The molecule has 7 nitrogen and oxygen atoms in total. The molecule has 0 radical (unpaired) electrons. The first-order valence-corrected chi connectivity index (χ1v) is 13.7. The molecule has 2 unspecified atom stereocenters. The Bertz CT molecular complexity index is 898. The number of hydrogen-bond donors (Lipinski definition) is 2. The zero-order chi connectivity index (χ0) is 28.6. The minimum Gasteiger partial charge on any atom is -0.444 e. The largest absolute Gasteiger partial charge is 0.444 e. The molecule has 1 rings (SSSR count). The summed E-state index contributed by atoms with van der Waals surface area (Å²) in [6, 6.07) is 4.23. The van der Waals surface area contributed by atoms with Crippen LogP contribution in [0.4, 0.5) is 4.79 Å². The van der Waals surface area contributed by atoms with Gasteiger partial charge in [-0.1, -0.05) is 52.3 Å². The van der Waals surface area contributed by atoms with Crippen molar-refractivity contribution in [2.75, 3.05) is 6.54 Å². The van der Waals surface area contributed by atoms with E-state index in [1.54, 1.807) is 25.7 Å². The van der Waals surface area contributed by atoms with Crippen molar-refractivity contribution in [3.8, 4) is 0 Å². The van der Waals surface area contributed by atoms with Crippen LogP contribution in [0.15, 0.2) is 18.2 Å². The summed E-state index contributed by atoms with van der Waals surface area (Å²) in [4.78, 5) is 42.8. The summed E-state index contributed by atoms with van der Waals surface area (Å²) in [5, 5.41) is 5.90. The Kier molecular flexibility index (Phi) is 12.1. The van der Waals surface area contributed by atoms with Crippen LogP contribution in [0.3, 0.4) is 0 Å². The number of nitrogens with one attached hydrogen (secondary N) is 2. The highest BCUT2D eigenvalue weighted by molar-refractivity contribution is 5.93. The van der Waals surface area contributed by atoms with E-state index in [9.17, 15) is 14.4 Å². The van der Waals surface area contributed by atoms with Crippen LogP contribution in [0, 0.1) is 19.8 Å². The molecule has 0 saturated heterocycles. The molecular weight excluding hydrogens is 466 g/mol. The van der Waals surface area contributed by atoms with Crippen molar-refractivity contribution in [2.24, 2.45) is 5.92 Å². The highest BCUT2D eigenvalue weighted by atomic mass is 16.6. The second-order valence-electron chi connectivity index (χ2n) is 12.1. The maximum atomic E-state index is 14.4. The molecule has 2 N–H and O–H groups in total. The van der Waals surface area contributed by atoms with Gasteiger partial charge in [-0.15, -0.1) is 0 Å². The summed E-state index contributed by atoms with van der Waals surface area (Å²) in [6.07, 6.45) is 2.21. The van der Waals surface area contributed by atoms with Crippen molar-refractivity contribution in [1.29, 1.82) is 0 Å². The molecule has 1 aromatic rings. The Morgan fingerprint density at radius 1 is 1.00 bits per heavy atom. The predicted molar refractivity (Wildman–Crippen MR) is 150 cm³/mol. The van der Waals surface area contributed by atoms with Crippen LogP contribution >= 0.6 is 0 Å². The fourth-order valence-corrected chi connectivity index (χ4v) is 4.38. The van der Waals surface area contributed by atoms with Gasteiger partial charge >= 0.3 is 6.09 Å². The molecule has 0 aliphatic heterocycles. The number of rotatable bonds is 12. The zero-order valence-corrected chi connectivity index (χ0v) is 25.1. The Labute approximate surface area is 225 Å². The van der Waals surface area contributed by atoms with E-state index >= 15 is 0 Å². The number of hydrogen-bond acceptors (Lipinski definition) is 4. The second-order valence-corrected chi connectivity index (χ2v) is 12.1. The third-order valence-corrected chi connectivity index (χ3v) is 6.60. The Morgan fingerprint density at radius 2 is 1.57 bits per heavy atom. The topological polar surface area (TPSA) is 87.7 Å². The molecule has 0 aliphatic rings. The van der Waals surface area contributed by atoms with E-state index in [4.69, 9.17) is 4.74 Å². The molecule has 0 bridgehead atoms. The van der Waals surface area contributed by atoms with Crippen LogP contribution in [0.25, 0.3) is 0 Å². The minimum atomic E-state index is -0.837. The molecule has 0 spiro atoms. The highest BCUT2D eigenvalue weighted by Gasteiger charge is 2.44. The summed E-state index contributed by atoms with van der Waals surface area (Å²) in [5.41, 5.74) is 1.36. The summed E-state index contributed by atoms with van der Waals surface area (Å²) in [5.74, 6) is -0.363. The lowest BCUT2D eigenvalue weighted by Crippen LogP contribution is -2.59. The zero-order valence-electron chi connectivity index (χ0n) is 25.1. The number of benzene rings is 1. The minimum absolute atomic E-state index is 0.132. The molecule has 1 aromatic carbocycles. The molecule has 37 heavy (non-hydrogen) atoms. The Balaban J connectivity index is 3.70. The number of unbranched alkanes of at least 4 members (excludes halogenated alkanes) is 1. The van der Waals surface area contributed by atoms with Crippen LogP contribution in [0.2, 0.25) is 0 Å². The van der Waals surface area contributed by atoms with Gasteiger partial charge in [-0.05, 0) is 90.3 Å². The van der Waals surface area contributed by atoms with Gasteiger partial charge in [-0.2, -0.15) is 0 Å². The van der Waals surface area contributed by atoms with Gasteiger partial charge in [0.15, 0.2) is 0 Å². The van der Waals surface area contributed by atoms with Gasteiger partial charge < -0.3 is 20.3 Å². The van der Waals surface area contributed by atoms with Gasteiger partial charge in [0.2, 0.25) is 11.8 Å². The number of alkyl carbamates (subject to hydrolysis) is 1. The molecule has 210 valence electrons. The monoisotopic (exact) mass is 517 g/mol. The molecule has 0 fully saturated rings. The van der Waals surface area contributed by atoms with Gasteiger partial charge in [-0.25, -0.2) is 4.79 Å². The molecule has 2 atom stereocenters. The average Bonchev–Trinajstić information content (AvgIpc) is 2.75. The lowest BCUT2D eigenvalue weighted by Gasteiger charge is -2.45. The van der Waals surface area contributed by atoms with Crippen molar-refractivity contribution in [1.82, 2.24) is 15.5 Å². The first-order valence-electron chi connectivity index (χ1n) is 13.7. The van der Waals surface area contributed by atoms with Crippen molar-refractivity contribution < 1.29 is 19.1 Å². The van der Waals surface area contributed by atoms with Gasteiger partial charge in [-0.3, -0.25) is 9.59 Å². The van der Waals surface area contributed by atoms with E-state index in [0.717, 1.165) is 29.5 Å². The Morgan fingerprint density at radius 3 is 2.03 bits per heavy atom. The molecule has 0 heterocycles. The highest BCUT2D eigenvalue weighted by Crippen LogP contribution is 2.35. The molecule has 0 saturated carbocycles. The van der Waals surface area contributed by atoms with Crippen molar-refractivity contribution in [3.63, 3.8) is 0 Å². The number of nitrogens with zero attached hydrogens (tertiary/aromatic N) is 1. The number of carbonyl (C=O) groups excluding carboxylic acids is 3. The summed E-state index contributed by atoms with van der Waals surface area (Å²) >= 11 is 0. The van der Waals surface area contributed by atoms with Crippen molar-refractivity contribution in [2.45, 2.75) is 125 Å². The molecule has 0 aliphatic carbocycles. The van der Waals surface area contributed by atoms with E-state index < -0.39 is 29.3 Å². The Hall–Kier alpha value is -2.57. The lowest BCUT2D eigenvalue weighted by atomic mass is 9.87. The normalized spacial score (nSPS) is 13.6. The fraction of sp³-hybridized carbons (Fsp3) is 0.700. The maximum absolute atomic E-state index is 14.4. The molecule has 7 heteroatoms.